The quantitative estimate of drug-likeness (QED) is 0.712. The summed E-state index contributed by atoms with van der Waals surface area (Å²) < 4.78 is 40.2. The van der Waals surface area contributed by atoms with Gasteiger partial charge < -0.3 is 4.74 Å². The highest BCUT2D eigenvalue weighted by molar-refractivity contribution is 5.30. The highest BCUT2D eigenvalue weighted by Gasteiger charge is 2.28. The van der Waals surface area contributed by atoms with Crippen molar-refractivity contribution >= 4 is 0 Å². The van der Waals surface area contributed by atoms with Crippen LogP contribution in [0.2, 0.25) is 0 Å². The average Bonchev–Trinajstić information content (AvgIpc) is 2.25. The van der Waals surface area contributed by atoms with Gasteiger partial charge in [-0.1, -0.05) is 25.1 Å². The zero-order valence-electron chi connectivity index (χ0n) is 8.92. The van der Waals surface area contributed by atoms with E-state index in [1.807, 2.05) is 6.92 Å². The van der Waals surface area contributed by atoms with Crippen LogP contribution in [0.15, 0.2) is 36.9 Å². The first kappa shape index (κ1) is 12.6. The Balaban J connectivity index is 2.61. The van der Waals surface area contributed by atoms with Gasteiger partial charge in [-0.15, -0.1) is 6.58 Å². The molecule has 0 amide bonds. The molecule has 0 saturated heterocycles. The van der Waals surface area contributed by atoms with Crippen LogP contribution < -0.4 is 4.74 Å². The molecule has 0 N–H and O–H groups in total. The summed E-state index contributed by atoms with van der Waals surface area (Å²) >= 11 is 0. The van der Waals surface area contributed by atoms with Crippen LogP contribution in [0, 0.1) is 0 Å². The van der Waals surface area contributed by atoms with Crippen LogP contribution in [0.5, 0.6) is 5.75 Å². The lowest BCUT2D eigenvalue weighted by molar-refractivity contribution is -0.153. The van der Waals surface area contributed by atoms with E-state index in [0.29, 0.717) is 0 Å². The molecule has 4 heteroatoms. The summed E-state index contributed by atoms with van der Waals surface area (Å²) in [5.41, 5.74) is 0.995. The molecule has 1 aromatic carbocycles. The molecule has 16 heavy (non-hydrogen) atoms. The number of ether oxygens (including phenoxy) is 1. The van der Waals surface area contributed by atoms with Crippen molar-refractivity contribution < 1.29 is 17.9 Å². The van der Waals surface area contributed by atoms with E-state index in [1.54, 1.807) is 18.2 Å². The summed E-state index contributed by atoms with van der Waals surface area (Å²) in [5.74, 6) is 0.397. The second kappa shape index (κ2) is 5.05. The Kier molecular flexibility index (Phi) is 3.99. The van der Waals surface area contributed by atoms with E-state index < -0.39 is 12.8 Å². The van der Waals surface area contributed by atoms with Crippen LogP contribution in [-0.2, 0) is 0 Å². The molecule has 0 fully saturated rings. The average molecular weight is 230 g/mol. The molecule has 0 bridgehead atoms. The van der Waals surface area contributed by atoms with E-state index in [4.69, 9.17) is 0 Å². The van der Waals surface area contributed by atoms with E-state index in [-0.39, 0.29) is 11.7 Å². The molecule has 1 unspecified atom stereocenters. The maximum atomic E-state index is 11.9. The summed E-state index contributed by atoms with van der Waals surface area (Å²) in [6.07, 6.45) is -2.53. The Hall–Kier alpha value is -1.45. The molecular weight excluding hydrogens is 217 g/mol. The fourth-order valence-corrected chi connectivity index (χ4v) is 1.17. The van der Waals surface area contributed by atoms with Gasteiger partial charge in [0.25, 0.3) is 0 Å². The molecule has 0 radical (unpaired) electrons. The van der Waals surface area contributed by atoms with Gasteiger partial charge in [0, 0.05) is 0 Å². The lowest BCUT2D eigenvalue weighted by Gasteiger charge is -2.10. The van der Waals surface area contributed by atoms with Gasteiger partial charge >= 0.3 is 6.18 Å². The Morgan fingerprint density at radius 2 is 1.88 bits per heavy atom. The Morgan fingerprint density at radius 3 is 2.31 bits per heavy atom. The molecular formula is C12H13F3O. The van der Waals surface area contributed by atoms with Crippen molar-refractivity contribution in [3.05, 3.63) is 42.5 Å². The first-order valence-corrected chi connectivity index (χ1v) is 4.84. The molecule has 0 aliphatic rings. The van der Waals surface area contributed by atoms with E-state index in [9.17, 15) is 13.2 Å². The molecule has 0 saturated carbocycles. The minimum Gasteiger partial charge on any atom is -0.484 e. The van der Waals surface area contributed by atoms with Gasteiger partial charge in [-0.2, -0.15) is 13.2 Å². The topological polar surface area (TPSA) is 9.23 Å². The van der Waals surface area contributed by atoms with Crippen LogP contribution in [0.3, 0.4) is 0 Å². The third kappa shape index (κ3) is 3.96. The minimum absolute atomic E-state index is 0.177. The summed E-state index contributed by atoms with van der Waals surface area (Å²) in [5, 5.41) is 0. The van der Waals surface area contributed by atoms with Crippen molar-refractivity contribution in [1.82, 2.24) is 0 Å². The number of halogens is 3. The van der Waals surface area contributed by atoms with Gasteiger partial charge in [0.15, 0.2) is 6.61 Å². The van der Waals surface area contributed by atoms with Gasteiger partial charge in [-0.3, -0.25) is 0 Å². The van der Waals surface area contributed by atoms with Crippen LogP contribution in [0.1, 0.15) is 18.4 Å². The van der Waals surface area contributed by atoms with Crippen molar-refractivity contribution in [2.24, 2.45) is 0 Å². The zero-order valence-corrected chi connectivity index (χ0v) is 8.92. The van der Waals surface area contributed by atoms with Crippen LogP contribution in [0.25, 0.3) is 0 Å². The predicted octanol–water partition coefficient (Wildman–Crippen LogP) is 3.92. The first-order chi connectivity index (χ1) is 7.42. The Morgan fingerprint density at radius 1 is 1.31 bits per heavy atom. The number of hydrogen-bond donors (Lipinski definition) is 0. The summed E-state index contributed by atoms with van der Waals surface area (Å²) in [7, 11) is 0. The largest absolute Gasteiger partial charge is 0.484 e. The molecule has 1 nitrogen and oxygen atoms in total. The van der Waals surface area contributed by atoms with Gasteiger partial charge in [0.2, 0.25) is 0 Å². The molecule has 0 aliphatic heterocycles. The van der Waals surface area contributed by atoms with E-state index in [1.165, 1.54) is 12.1 Å². The zero-order chi connectivity index (χ0) is 12.2. The summed E-state index contributed by atoms with van der Waals surface area (Å²) in [4.78, 5) is 0. The number of alkyl halides is 3. The molecule has 0 heterocycles. The molecule has 0 aliphatic carbocycles. The van der Waals surface area contributed by atoms with Crippen molar-refractivity contribution in [3.8, 4) is 5.75 Å². The number of hydrogen-bond acceptors (Lipinski definition) is 1. The standard InChI is InChI=1S/C12H13F3O/c1-3-9(2)10-4-6-11(7-5-10)16-8-12(13,14)15/h3-7,9H,1,8H2,2H3. The van der Waals surface area contributed by atoms with Gasteiger partial charge in [0.05, 0.1) is 0 Å². The SMILES string of the molecule is C=CC(C)c1ccc(OCC(F)(F)F)cc1. The van der Waals surface area contributed by atoms with Gasteiger partial charge in [0.1, 0.15) is 5.75 Å². The van der Waals surface area contributed by atoms with Crippen molar-refractivity contribution in [2.45, 2.75) is 19.0 Å². The maximum absolute atomic E-state index is 11.9. The lowest BCUT2D eigenvalue weighted by atomic mass is 10.0. The predicted molar refractivity (Wildman–Crippen MR) is 56.6 cm³/mol. The molecule has 1 aromatic rings. The van der Waals surface area contributed by atoms with Crippen LogP contribution in [0.4, 0.5) is 13.2 Å². The smallest absolute Gasteiger partial charge is 0.422 e. The normalized spacial score (nSPS) is 13.2. The number of allylic oxidation sites excluding steroid dienone is 1. The third-order valence-corrected chi connectivity index (χ3v) is 2.16. The van der Waals surface area contributed by atoms with Gasteiger partial charge in [-0.25, -0.2) is 0 Å². The summed E-state index contributed by atoms with van der Waals surface area (Å²) in [6, 6.07) is 6.53. The fraction of sp³-hybridized carbons (Fsp3) is 0.333. The Bertz CT molecular complexity index is 340. The maximum Gasteiger partial charge on any atom is 0.422 e. The molecule has 0 spiro atoms. The van der Waals surface area contributed by atoms with E-state index >= 15 is 0 Å². The second-order valence-electron chi connectivity index (χ2n) is 3.50. The fourth-order valence-electron chi connectivity index (χ4n) is 1.17. The molecule has 1 atom stereocenters. The Labute approximate surface area is 92.5 Å². The van der Waals surface area contributed by atoms with Crippen LogP contribution in [-0.4, -0.2) is 12.8 Å². The number of rotatable bonds is 4. The lowest BCUT2D eigenvalue weighted by Crippen LogP contribution is -2.19. The van der Waals surface area contributed by atoms with Gasteiger partial charge in [-0.05, 0) is 23.6 Å². The molecule has 1 rings (SSSR count). The second-order valence-corrected chi connectivity index (χ2v) is 3.50. The monoisotopic (exact) mass is 230 g/mol. The van der Waals surface area contributed by atoms with Crippen LogP contribution >= 0.6 is 0 Å². The van der Waals surface area contributed by atoms with Crippen molar-refractivity contribution in [2.75, 3.05) is 6.61 Å². The van der Waals surface area contributed by atoms with Crippen molar-refractivity contribution in [1.29, 1.82) is 0 Å². The molecule has 0 aromatic heterocycles. The third-order valence-electron chi connectivity index (χ3n) is 2.16. The van der Waals surface area contributed by atoms with E-state index in [2.05, 4.69) is 11.3 Å². The highest BCUT2D eigenvalue weighted by Crippen LogP contribution is 2.22. The minimum atomic E-state index is -4.30. The summed E-state index contributed by atoms with van der Waals surface area (Å²) in [6.45, 7) is 4.34. The van der Waals surface area contributed by atoms with E-state index in [0.717, 1.165) is 5.56 Å². The first-order valence-electron chi connectivity index (χ1n) is 4.84. The number of benzene rings is 1. The molecule has 88 valence electrons. The van der Waals surface area contributed by atoms with Crippen molar-refractivity contribution in [3.63, 3.8) is 0 Å². The highest BCUT2D eigenvalue weighted by atomic mass is 19.4.